The molecular weight excluding hydrogens is 555 g/mol. The molecule has 0 radical (unpaired) electrons. The monoisotopic (exact) mass is 579 g/mol. The molecule has 0 saturated heterocycles. The quantitative estimate of drug-likeness (QED) is 0.209. The maximum Gasteiger partial charge on any atom is 0.164 e. The third-order valence-corrected chi connectivity index (χ3v) is 9.96. The Morgan fingerprint density at radius 3 is 1.43 bits per heavy atom. The van der Waals surface area contributed by atoms with Gasteiger partial charge in [0.15, 0.2) is 17.5 Å². The zero-order chi connectivity index (χ0) is 29.1. The number of benzene rings is 6. The fourth-order valence-electron chi connectivity index (χ4n) is 7.02. The summed E-state index contributed by atoms with van der Waals surface area (Å²) < 4.78 is 0. The Bertz CT molecular complexity index is 2110. The molecule has 206 valence electrons. The lowest BCUT2D eigenvalue weighted by atomic mass is 9.67. The van der Waals surface area contributed by atoms with Gasteiger partial charge in [-0.1, -0.05) is 151 Å². The lowest BCUT2D eigenvalue weighted by molar-refractivity contribution is 0.722. The SMILES string of the molecule is c1ccc(-c2nc(-c3ccccc3)nc(-c3cccc4c3-c3ccccc3C43c4ccccc4Sc4ccccc43)n2)cc1. The lowest BCUT2D eigenvalue weighted by Crippen LogP contribution is -2.31. The van der Waals surface area contributed by atoms with E-state index in [2.05, 4.69) is 115 Å². The second kappa shape index (κ2) is 9.87. The summed E-state index contributed by atoms with van der Waals surface area (Å²) in [5.41, 5.74) is 10.1. The molecule has 0 amide bonds. The van der Waals surface area contributed by atoms with E-state index in [0.29, 0.717) is 17.5 Å². The van der Waals surface area contributed by atoms with Gasteiger partial charge in [0.2, 0.25) is 0 Å². The van der Waals surface area contributed by atoms with Gasteiger partial charge in [-0.15, -0.1) is 0 Å². The molecular formula is C40H25N3S. The number of fused-ring (bicyclic) bond motifs is 9. The van der Waals surface area contributed by atoms with Crippen LogP contribution in [0, 0.1) is 0 Å². The smallest absolute Gasteiger partial charge is 0.164 e. The van der Waals surface area contributed by atoms with Crippen LogP contribution in [0.3, 0.4) is 0 Å². The second-order valence-electron chi connectivity index (χ2n) is 11.2. The van der Waals surface area contributed by atoms with E-state index in [4.69, 9.17) is 15.0 Å². The summed E-state index contributed by atoms with van der Waals surface area (Å²) in [7, 11) is 0. The minimum absolute atomic E-state index is 0.447. The number of hydrogen-bond donors (Lipinski definition) is 0. The third-order valence-electron chi connectivity index (χ3n) is 8.81. The molecule has 2 heterocycles. The maximum atomic E-state index is 5.15. The van der Waals surface area contributed by atoms with E-state index in [1.807, 2.05) is 48.2 Å². The molecule has 0 fully saturated rings. The molecule has 0 N–H and O–H groups in total. The van der Waals surface area contributed by atoms with Crippen LogP contribution in [-0.2, 0) is 5.41 Å². The van der Waals surface area contributed by atoms with Gasteiger partial charge in [-0.3, -0.25) is 0 Å². The highest BCUT2D eigenvalue weighted by Gasteiger charge is 2.50. The van der Waals surface area contributed by atoms with Crippen LogP contribution in [-0.4, -0.2) is 15.0 Å². The van der Waals surface area contributed by atoms with Gasteiger partial charge in [0.1, 0.15) is 0 Å². The molecule has 0 atom stereocenters. The first-order chi connectivity index (χ1) is 21.8. The fraction of sp³-hybridized carbons (Fsp3) is 0.0250. The molecule has 0 bridgehead atoms. The summed E-state index contributed by atoms with van der Waals surface area (Å²) in [4.78, 5) is 17.8. The van der Waals surface area contributed by atoms with Crippen molar-refractivity contribution in [3.05, 3.63) is 174 Å². The van der Waals surface area contributed by atoms with E-state index >= 15 is 0 Å². The van der Waals surface area contributed by atoms with Gasteiger partial charge >= 0.3 is 0 Å². The molecule has 0 saturated carbocycles. The summed E-state index contributed by atoms with van der Waals surface area (Å²) in [5, 5.41) is 0. The van der Waals surface area contributed by atoms with Gasteiger partial charge in [-0.05, 0) is 45.5 Å². The number of aromatic nitrogens is 3. The van der Waals surface area contributed by atoms with Gasteiger partial charge in [-0.2, -0.15) is 0 Å². The van der Waals surface area contributed by atoms with Gasteiger partial charge in [0.05, 0.1) is 5.41 Å². The van der Waals surface area contributed by atoms with Crippen LogP contribution in [0.4, 0.5) is 0 Å². The van der Waals surface area contributed by atoms with Gasteiger partial charge < -0.3 is 0 Å². The molecule has 44 heavy (non-hydrogen) atoms. The summed E-state index contributed by atoms with van der Waals surface area (Å²) in [6.45, 7) is 0. The lowest BCUT2D eigenvalue weighted by Gasteiger charge is -2.39. The van der Waals surface area contributed by atoms with Gasteiger partial charge in [0.25, 0.3) is 0 Å². The summed E-state index contributed by atoms with van der Waals surface area (Å²) in [5.74, 6) is 2.00. The largest absolute Gasteiger partial charge is 0.208 e. The highest BCUT2D eigenvalue weighted by molar-refractivity contribution is 7.99. The van der Waals surface area contributed by atoms with Crippen molar-refractivity contribution in [2.24, 2.45) is 0 Å². The number of hydrogen-bond acceptors (Lipinski definition) is 4. The highest BCUT2D eigenvalue weighted by atomic mass is 32.2. The zero-order valence-electron chi connectivity index (χ0n) is 23.7. The van der Waals surface area contributed by atoms with E-state index in [9.17, 15) is 0 Å². The van der Waals surface area contributed by atoms with E-state index < -0.39 is 5.41 Å². The van der Waals surface area contributed by atoms with Crippen LogP contribution in [0.25, 0.3) is 45.3 Å². The van der Waals surface area contributed by atoms with Crippen molar-refractivity contribution in [2.45, 2.75) is 15.2 Å². The summed E-state index contributed by atoms with van der Waals surface area (Å²) >= 11 is 1.86. The number of nitrogens with zero attached hydrogens (tertiary/aromatic N) is 3. The van der Waals surface area contributed by atoms with Crippen LogP contribution in [0.1, 0.15) is 22.3 Å². The van der Waals surface area contributed by atoms with E-state index in [0.717, 1.165) is 16.7 Å². The van der Waals surface area contributed by atoms with Crippen LogP contribution in [0.5, 0.6) is 0 Å². The molecule has 6 aromatic carbocycles. The molecule has 1 spiro atoms. The van der Waals surface area contributed by atoms with Crippen molar-refractivity contribution < 1.29 is 0 Å². The molecule has 1 aliphatic carbocycles. The molecule has 1 aromatic heterocycles. The molecule has 1 aliphatic heterocycles. The molecule has 7 aromatic rings. The van der Waals surface area contributed by atoms with Crippen LogP contribution < -0.4 is 0 Å². The summed E-state index contributed by atoms with van der Waals surface area (Å²) in [6.07, 6.45) is 0. The van der Waals surface area contributed by atoms with E-state index in [-0.39, 0.29) is 0 Å². The topological polar surface area (TPSA) is 38.7 Å². The molecule has 0 unspecified atom stereocenters. The highest BCUT2D eigenvalue weighted by Crippen LogP contribution is 2.63. The molecule has 4 heteroatoms. The van der Waals surface area contributed by atoms with Crippen molar-refractivity contribution in [1.82, 2.24) is 15.0 Å². The van der Waals surface area contributed by atoms with Gasteiger partial charge in [-0.25, -0.2) is 15.0 Å². The average molecular weight is 580 g/mol. The van der Waals surface area contributed by atoms with Crippen molar-refractivity contribution in [3.63, 3.8) is 0 Å². The predicted molar refractivity (Wildman–Crippen MR) is 178 cm³/mol. The van der Waals surface area contributed by atoms with Crippen molar-refractivity contribution in [2.75, 3.05) is 0 Å². The Kier molecular flexibility index (Phi) is 5.65. The average Bonchev–Trinajstić information content (AvgIpc) is 3.40. The Morgan fingerprint density at radius 1 is 0.364 bits per heavy atom. The molecule has 3 nitrogen and oxygen atoms in total. The first kappa shape index (κ1) is 25.2. The second-order valence-corrected chi connectivity index (χ2v) is 12.2. The van der Waals surface area contributed by atoms with Crippen LogP contribution >= 0.6 is 11.8 Å². The zero-order valence-corrected chi connectivity index (χ0v) is 24.5. The molecule has 9 rings (SSSR count). The third kappa shape index (κ3) is 3.61. The Hall–Kier alpha value is -5.32. The fourth-order valence-corrected chi connectivity index (χ4v) is 8.21. The minimum Gasteiger partial charge on any atom is -0.208 e. The first-order valence-corrected chi connectivity index (χ1v) is 15.6. The van der Waals surface area contributed by atoms with Gasteiger partial charge in [0, 0.05) is 26.5 Å². The van der Waals surface area contributed by atoms with Crippen molar-refractivity contribution in [3.8, 4) is 45.3 Å². The van der Waals surface area contributed by atoms with E-state index in [1.54, 1.807) is 0 Å². The van der Waals surface area contributed by atoms with E-state index in [1.165, 1.54) is 43.2 Å². The minimum atomic E-state index is -0.447. The van der Waals surface area contributed by atoms with Crippen LogP contribution in [0.2, 0.25) is 0 Å². The Labute approximate surface area is 260 Å². The Morgan fingerprint density at radius 2 is 0.818 bits per heavy atom. The standard InChI is InChI=1S/C40H25N3S/c1-3-14-26(15-4-1)37-41-38(27-16-5-2-6-17-27)43-39(42-37)29-19-13-23-33-36(29)28-18-7-8-20-30(28)40(33)31-21-9-11-24-34(31)44-35-25-12-10-22-32(35)40/h1-25H. The maximum absolute atomic E-state index is 5.15. The number of rotatable bonds is 3. The molecule has 2 aliphatic rings. The van der Waals surface area contributed by atoms with Crippen molar-refractivity contribution >= 4 is 11.8 Å². The van der Waals surface area contributed by atoms with Crippen LogP contribution in [0.15, 0.2) is 161 Å². The Balaban J connectivity index is 1.37. The summed E-state index contributed by atoms with van der Waals surface area (Å²) in [6, 6.07) is 53.6. The normalized spacial score (nSPS) is 13.5. The van der Waals surface area contributed by atoms with Crippen molar-refractivity contribution in [1.29, 1.82) is 0 Å². The first-order valence-electron chi connectivity index (χ1n) is 14.8. The predicted octanol–water partition coefficient (Wildman–Crippen LogP) is 9.70.